The van der Waals surface area contributed by atoms with Crippen LogP contribution in [0.2, 0.25) is 0 Å². The molecule has 1 amide bonds. The molecule has 116 valence electrons. The molecule has 6 heteroatoms. The van der Waals surface area contributed by atoms with Gasteiger partial charge in [0, 0.05) is 0 Å². The average Bonchev–Trinajstić information content (AvgIpc) is 2.22. The van der Waals surface area contributed by atoms with Crippen LogP contribution >= 0.6 is 0 Å². The Hall–Kier alpha value is -1.56. The summed E-state index contributed by atoms with van der Waals surface area (Å²) in [4.78, 5) is 22.9. The molecule has 0 radical (unpaired) electrons. The van der Waals surface area contributed by atoms with Crippen LogP contribution in [0, 0.1) is 0 Å². The Kier molecular flexibility index (Phi) is 6.22. The Labute approximate surface area is 120 Å². The Morgan fingerprint density at radius 1 is 1.25 bits per heavy atom. The number of hydrogen-bond acceptors (Lipinski definition) is 4. The zero-order valence-corrected chi connectivity index (χ0v) is 13.0. The lowest BCUT2D eigenvalue weighted by molar-refractivity contribution is -0.146. The molecule has 0 aliphatic heterocycles. The highest BCUT2D eigenvalue weighted by atomic mass is 16.6. The van der Waals surface area contributed by atoms with Gasteiger partial charge in [-0.2, -0.15) is 0 Å². The fourth-order valence-corrected chi connectivity index (χ4v) is 1.41. The summed E-state index contributed by atoms with van der Waals surface area (Å²) in [5.41, 5.74) is -1.39. The number of carbonyl (C=O) groups is 2. The van der Waals surface area contributed by atoms with Crippen molar-refractivity contribution in [3.63, 3.8) is 0 Å². The van der Waals surface area contributed by atoms with E-state index in [9.17, 15) is 14.7 Å². The molecule has 0 unspecified atom stereocenters. The Balaban J connectivity index is 4.78. The molecule has 2 N–H and O–H groups in total. The lowest BCUT2D eigenvalue weighted by atomic mass is 10.1. The first-order valence-corrected chi connectivity index (χ1v) is 6.41. The summed E-state index contributed by atoms with van der Waals surface area (Å²) in [6.07, 6.45) is 0.0281. The summed E-state index contributed by atoms with van der Waals surface area (Å²) >= 11 is 0. The highest BCUT2D eigenvalue weighted by Gasteiger charge is 2.32. The minimum Gasteiger partial charge on any atom is -0.480 e. The number of carboxylic acid groups (broad SMARTS) is 1. The number of nitrogens with one attached hydrogen (secondary N) is 1. The number of carbonyl (C=O) groups excluding carboxylic acids is 1. The van der Waals surface area contributed by atoms with E-state index >= 15 is 0 Å². The summed E-state index contributed by atoms with van der Waals surface area (Å²) in [5.74, 6) is -1.19. The predicted octanol–water partition coefficient (Wildman–Crippen LogP) is 2.33. The minimum atomic E-state index is -1.20. The van der Waals surface area contributed by atoms with Gasteiger partial charge in [0.25, 0.3) is 0 Å². The van der Waals surface area contributed by atoms with Crippen LogP contribution in [0.3, 0.4) is 0 Å². The van der Waals surface area contributed by atoms with Gasteiger partial charge in [-0.25, -0.2) is 9.59 Å². The third kappa shape index (κ3) is 7.13. The molecule has 0 heterocycles. The van der Waals surface area contributed by atoms with Crippen LogP contribution in [0.5, 0.6) is 0 Å². The molecule has 0 aliphatic carbocycles. The molecule has 2 atom stereocenters. The molecular weight excluding hydrogens is 262 g/mol. The lowest BCUT2D eigenvalue weighted by Gasteiger charge is -2.30. The fraction of sp³-hybridized carbons (Fsp3) is 0.714. The summed E-state index contributed by atoms with van der Waals surface area (Å²) in [5, 5.41) is 11.5. The van der Waals surface area contributed by atoms with Crippen LogP contribution in [-0.2, 0) is 14.3 Å². The van der Waals surface area contributed by atoms with Gasteiger partial charge in [-0.15, -0.1) is 6.58 Å². The minimum absolute atomic E-state index is 0.692. The number of alkyl carbamates (subject to hydrolysis) is 1. The molecule has 6 nitrogen and oxygen atoms in total. The Bertz CT molecular complexity index is 370. The third-order valence-corrected chi connectivity index (χ3v) is 2.39. The van der Waals surface area contributed by atoms with E-state index in [-0.39, 0.29) is 0 Å². The van der Waals surface area contributed by atoms with Crippen molar-refractivity contribution >= 4 is 12.1 Å². The molecule has 0 rings (SSSR count). The van der Waals surface area contributed by atoms with Gasteiger partial charge < -0.3 is 19.9 Å². The van der Waals surface area contributed by atoms with E-state index in [1.165, 1.54) is 0 Å². The third-order valence-electron chi connectivity index (χ3n) is 2.39. The zero-order valence-electron chi connectivity index (χ0n) is 13.0. The van der Waals surface area contributed by atoms with Crippen LogP contribution in [0.1, 0.15) is 41.5 Å². The molecule has 0 fully saturated rings. The van der Waals surface area contributed by atoms with Crippen LogP contribution in [-0.4, -0.2) is 40.5 Å². The van der Waals surface area contributed by atoms with Crippen molar-refractivity contribution in [2.75, 3.05) is 0 Å². The highest BCUT2D eigenvalue weighted by Crippen LogP contribution is 2.16. The van der Waals surface area contributed by atoms with Crippen molar-refractivity contribution < 1.29 is 24.2 Å². The van der Waals surface area contributed by atoms with Gasteiger partial charge in [0.05, 0.1) is 11.7 Å². The van der Waals surface area contributed by atoms with Gasteiger partial charge in [-0.05, 0) is 41.5 Å². The summed E-state index contributed by atoms with van der Waals surface area (Å²) < 4.78 is 10.6. The van der Waals surface area contributed by atoms with E-state index in [4.69, 9.17) is 9.47 Å². The van der Waals surface area contributed by atoms with Gasteiger partial charge in [-0.1, -0.05) is 6.08 Å². The molecule has 0 spiro atoms. The lowest BCUT2D eigenvalue weighted by Crippen LogP contribution is -2.51. The van der Waals surface area contributed by atoms with Crippen molar-refractivity contribution in [1.29, 1.82) is 0 Å². The topological polar surface area (TPSA) is 84.9 Å². The normalized spacial score (nSPS) is 15.1. The maximum atomic E-state index is 11.6. The van der Waals surface area contributed by atoms with Crippen LogP contribution in [0.25, 0.3) is 0 Å². The molecule has 0 aromatic heterocycles. The molecule has 20 heavy (non-hydrogen) atoms. The number of aliphatic carboxylic acids is 1. The highest BCUT2D eigenvalue weighted by molar-refractivity contribution is 5.80. The summed E-state index contributed by atoms with van der Waals surface area (Å²) in [6.45, 7) is 13.8. The average molecular weight is 287 g/mol. The van der Waals surface area contributed by atoms with E-state index in [1.807, 2.05) is 0 Å². The second-order valence-electron chi connectivity index (χ2n) is 6.09. The SMILES string of the molecule is C=CC(C)(C)O[C@H](C)[C@H](NC(=O)OC(C)(C)C)C(=O)O. The number of ether oxygens (including phenoxy) is 2. The quantitative estimate of drug-likeness (QED) is 0.732. The molecular formula is C14H25NO5. The van der Waals surface area contributed by atoms with Crippen LogP contribution < -0.4 is 5.32 Å². The number of amides is 1. The van der Waals surface area contributed by atoms with Gasteiger partial charge in [0.1, 0.15) is 5.60 Å². The fourth-order valence-electron chi connectivity index (χ4n) is 1.41. The van der Waals surface area contributed by atoms with Crippen molar-refractivity contribution in [1.82, 2.24) is 5.32 Å². The smallest absolute Gasteiger partial charge is 0.408 e. The number of rotatable bonds is 6. The molecule has 0 aromatic rings. The van der Waals surface area contributed by atoms with E-state index in [0.717, 1.165) is 0 Å². The van der Waals surface area contributed by atoms with Crippen molar-refractivity contribution in [3.8, 4) is 0 Å². The first-order valence-electron chi connectivity index (χ1n) is 6.41. The zero-order chi connectivity index (χ0) is 16.1. The summed E-state index contributed by atoms with van der Waals surface area (Å²) in [7, 11) is 0. The first kappa shape index (κ1) is 18.4. The van der Waals surface area contributed by atoms with Crippen molar-refractivity contribution in [3.05, 3.63) is 12.7 Å². The molecule has 0 aliphatic rings. The monoisotopic (exact) mass is 287 g/mol. The van der Waals surface area contributed by atoms with E-state index in [1.54, 1.807) is 47.6 Å². The molecule has 0 bridgehead atoms. The van der Waals surface area contributed by atoms with Gasteiger partial charge in [0.2, 0.25) is 0 Å². The Morgan fingerprint density at radius 3 is 2.10 bits per heavy atom. The van der Waals surface area contributed by atoms with Gasteiger partial charge in [0.15, 0.2) is 6.04 Å². The summed E-state index contributed by atoms with van der Waals surface area (Å²) in [6, 6.07) is -1.20. The second kappa shape index (κ2) is 6.74. The number of hydrogen-bond donors (Lipinski definition) is 2. The van der Waals surface area contributed by atoms with Crippen LogP contribution in [0.15, 0.2) is 12.7 Å². The molecule has 0 saturated heterocycles. The van der Waals surface area contributed by atoms with Crippen molar-refractivity contribution in [2.45, 2.75) is 64.9 Å². The largest absolute Gasteiger partial charge is 0.480 e. The van der Waals surface area contributed by atoms with E-state index < -0.39 is 35.4 Å². The van der Waals surface area contributed by atoms with Crippen LogP contribution in [0.4, 0.5) is 4.79 Å². The van der Waals surface area contributed by atoms with Crippen molar-refractivity contribution in [2.24, 2.45) is 0 Å². The molecule has 0 aromatic carbocycles. The Morgan fingerprint density at radius 2 is 1.75 bits per heavy atom. The van der Waals surface area contributed by atoms with Gasteiger partial charge >= 0.3 is 12.1 Å². The van der Waals surface area contributed by atoms with E-state index in [0.29, 0.717) is 0 Å². The second-order valence-corrected chi connectivity index (χ2v) is 6.09. The van der Waals surface area contributed by atoms with Gasteiger partial charge in [-0.3, -0.25) is 0 Å². The van der Waals surface area contributed by atoms with E-state index in [2.05, 4.69) is 11.9 Å². The first-order chi connectivity index (χ1) is 8.88. The maximum Gasteiger partial charge on any atom is 0.408 e. The molecule has 0 saturated carbocycles. The standard InChI is InChI=1S/C14H25NO5/c1-8-14(6,7)19-9(2)10(11(16)17)15-12(18)20-13(3,4)5/h8-10H,1H2,2-7H3,(H,15,18)(H,16,17)/t9-,10+/m1/s1. The maximum absolute atomic E-state index is 11.6. The number of carboxylic acids is 1. The predicted molar refractivity (Wildman–Crippen MR) is 75.6 cm³/mol.